The lowest BCUT2D eigenvalue weighted by Crippen LogP contribution is -2.19. The molecule has 0 saturated heterocycles. The van der Waals surface area contributed by atoms with Crippen molar-refractivity contribution in [3.63, 3.8) is 0 Å². The summed E-state index contributed by atoms with van der Waals surface area (Å²) in [6.07, 6.45) is 0.989. The van der Waals surface area contributed by atoms with Crippen molar-refractivity contribution in [3.8, 4) is 0 Å². The third-order valence-corrected chi connectivity index (χ3v) is 4.60. The highest BCUT2D eigenvalue weighted by atomic mass is 79.9. The quantitative estimate of drug-likeness (QED) is 0.696. The highest BCUT2D eigenvalue weighted by Gasteiger charge is 2.14. The molecule has 0 aromatic heterocycles. The van der Waals surface area contributed by atoms with Crippen molar-refractivity contribution in [1.29, 1.82) is 0 Å². The molecular weight excluding hydrogens is 322 g/mol. The van der Waals surface area contributed by atoms with Crippen LogP contribution < -0.4 is 5.32 Å². The van der Waals surface area contributed by atoms with Gasteiger partial charge in [0.15, 0.2) is 0 Å². The van der Waals surface area contributed by atoms with Crippen LogP contribution in [0, 0.1) is 0 Å². The van der Waals surface area contributed by atoms with Gasteiger partial charge in [-0.15, -0.1) is 0 Å². The number of rotatable bonds is 4. The van der Waals surface area contributed by atoms with Gasteiger partial charge in [-0.1, -0.05) is 76.6 Å². The maximum absolute atomic E-state index is 3.65. The first-order valence-electron chi connectivity index (χ1n) is 7.18. The van der Waals surface area contributed by atoms with Gasteiger partial charge in [-0.05, 0) is 41.4 Å². The minimum absolute atomic E-state index is 0.311. The molecule has 1 N–H and O–H groups in total. The van der Waals surface area contributed by atoms with Gasteiger partial charge in [0, 0.05) is 10.5 Å². The van der Waals surface area contributed by atoms with Gasteiger partial charge in [0.2, 0.25) is 0 Å². The van der Waals surface area contributed by atoms with Crippen LogP contribution in [0.2, 0.25) is 0 Å². The molecule has 0 fully saturated rings. The first-order chi connectivity index (χ1) is 10.3. The van der Waals surface area contributed by atoms with E-state index in [1.54, 1.807) is 0 Å². The van der Waals surface area contributed by atoms with Gasteiger partial charge < -0.3 is 5.32 Å². The number of hydrogen-bond donors (Lipinski definition) is 1. The minimum Gasteiger partial charge on any atom is -0.313 e. The van der Waals surface area contributed by atoms with E-state index in [-0.39, 0.29) is 0 Å². The molecule has 3 rings (SSSR count). The predicted molar refractivity (Wildman–Crippen MR) is 93.6 cm³/mol. The fourth-order valence-electron chi connectivity index (χ4n) is 2.81. The summed E-state index contributed by atoms with van der Waals surface area (Å²) in [5, 5.41) is 6.04. The number of halogens is 1. The molecule has 0 saturated carbocycles. The summed E-state index contributed by atoms with van der Waals surface area (Å²) in [6, 6.07) is 23.9. The molecule has 0 heterocycles. The fraction of sp³-hybridized carbons (Fsp3) is 0.158. The van der Waals surface area contributed by atoms with E-state index in [0.717, 1.165) is 10.9 Å². The number of nitrogens with one attached hydrogen (secondary N) is 1. The van der Waals surface area contributed by atoms with Crippen LogP contribution >= 0.6 is 15.9 Å². The molecule has 3 aromatic rings. The maximum Gasteiger partial charge on any atom is 0.0364 e. The van der Waals surface area contributed by atoms with Crippen LogP contribution in [-0.2, 0) is 6.42 Å². The van der Waals surface area contributed by atoms with Crippen molar-refractivity contribution in [2.75, 3.05) is 7.05 Å². The minimum atomic E-state index is 0.311. The second-order valence-corrected chi connectivity index (χ2v) is 6.07. The Morgan fingerprint density at radius 3 is 2.24 bits per heavy atom. The number of hydrogen-bond acceptors (Lipinski definition) is 1. The Bertz CT molecular complexity index is 737. The molecule has 0 spiro atoms. The van der Waals surface area contributed by atoms with E-state index in [4.69, 9.17) is 0 Å². The van der Waals surface area contributed by atoms with E-state index in [1.165, 1.54) is 21.9 Å². The predicted octanol–water partition coefficient (Wildman–Crippen LogP) is 5.11. The molecule has 21 heavy (non-hydrogen) atoms. The van der Waals surface area contributed by atoms with Gasteiger partial charge in [0.1, 0.15) is 0 Å². The molecule has 2 heteroatoms. The molecule has 1 atom stereocenters. The average Bonchev–Trinajstić information content (AvgIpc) is 2.55. The Labute approximate surface area is 134 Å². The average molecular weight is 340 g/mol. The van der Waals surface area contributed by atoms with Gasteiger partial charge in [-0.2, -0.15) is 0 Å². The normalized spacial score (nSPS) is 12.5. The van der Waals surface area contributed by atoms with Crippen LogP contribution in [0.15, 0.2) is 71.2 Å². The van der Waals surface area contributed by atoms with Crippen molar-refractivity contribution in [1.82, 2.24) is 5.32 Å². The van der Waals surface area contributed by atoms with Gasteiger partial charge in [0.25, 0.3) is 0 Å². The van der Waals surface area contributed by atoms with E-state index in [2.05, 4.69) is 88.0 Å². The van der Waals surface area contributed by atoms with Crippen molar-refractivity contribution >= 4 is 26.7 Å². The summed E-state index contributed by atoms with van der Waals surface area (Å²) >= 11 is 3.65. The molecule has 1 unspecified atom stereocenters. The Hall–Kier alpha value is -1.64. The van der Waals surface area contributed by atoms with E-state index in [0.29, 0.717) is 6.04 Å². The fourth-order valence-corrected chi connectivity index (χ4v) is 3.28. The topological polar surface area (TPSA) is 12.0 Å². The zero-order chi connectivity index (χ0) is 14.7. The molecule has 106 valence electrons. The number of benzene rings is 3. The molecule has 1 nitrogen and oxygen atoms in total. The lowest BCUT2D eigenvalue weighted by Gasteiger charge is -2.19. The largest absolute Gasteiger partial charge is 0.313 e. The Morgan fingerprint density at radius 1 is 0.857 bits per heavy atom. The van der Waals surface area contributed by atoms with Crippen molar-refractivity contribution in [3.05, 3.63) is 82.3 Å². The molecule has 0 aliphatic carbocycles. The zero-order valence-electron chi connectivity index (χ0n) is 12.0. The molecule has 0 aliphatic heterocycles. The van der Waals surface area contributed by atoms with E-state index in [1.807, 2.05) is 7.05 Å². The molecular formula is C19H18BrN. The van der Waals surface area contributed by atoms with Crippen LogP contribution in [-0.4, -0.2) is 7.05 Å². The van der Waals surface area contributed by atoms with Crippen LogP contribution in [0.4, 0.5) is 0 Å². The third-order valence-electron chi connectivity index (χ3n) is 3.91. The van der Waals surface area contributed by atoms with Crippen molar-refractivity contribution in [2.45, 2.75) is 12.5 Å². The maximum atomic E-state index is 3.65. The van der Waals surface area contributed by atoms with E-state index < -0.39 is 0 Å². The lowest BCUT2D eigenvalue weighted by atomic mass is 9.94. The monoisotopic (exact) mass is 339 g/mol. The third kappa shape index (κ3) is 3.02. The van der Waals surface area contributed by atoms with Crippen LogP contribution in [0.3, 0.4) is 0 Å². The highest BCUT2D eigenvalue weighted by Crippen LogP contribution is 2.31. The van der Waals surface area contributed by atoms with Crippen molar-refractivity contribution in [2.24, 2.45) is 0 Å². The lowest BCUT2D eigenvalue weighted by molar-refractivity contribution is 0.596. The SMILES string of the molecule is CNC(Cc1ccccc1)c1ccc(Br)c2ccccc12. The van der Waals surface area contributed by atoms with Gasteiger partial charge in [-0.3, -0.25) is 0 Å². The standard InChI is InChI=1S/C19H18BrN/c1-21-19(13-14-7-3-2-4-8-14)17-11-12-18(20)16-10-6-5-9-15(16)17/h2-12,19,21H,13H2,1H3. The summed E-state index contributed by atoms with van der Waals surface area (Å²) in [5.74, 6) is 0. The molecule has 0 amide bonds. The Kier molecular flexibility index (Phi) is 4.37. The number of fused-ring (bicyclic) bond motifs is 1. The molecule has 3 aromatic carbocycles. The zero-order valence-corrected chi connectivity index (χ0v) is 13.6. The molecule has 0 aliphatic rings. The number of likely N-dealkylation sites (N-methyl/N-ethyl adjacent to an activating group) is 1. The Balaban J connectivity index is 2.03. The first kappa shape index (κ1) is 14.3. The summed E-state index contributed by atoms with van der Waals surface area (Å²) in [6.45, 7) is 0. The summed E-state index contributed by atoms with van der Waals surface area (Å²) in [5.41, 5.74) is 2.70. The van der Waals surface area contributed by atoms with Gasteiger partial charge in [-0.25, -0.2) is 0 Å². The molecule has 0 radical (unpaired) electrons. The van der Waals surface area contributed by atoms with Gasteiger partial charge >= 0.3 is 0 Å². The second-order valence-electron chi connectivity index (χ2n) is 5.21. The first-order valence-corrected chi connectivity index (χ1v) is 7.97. The molecule has 0 bridgehead atoms. The van der Waals surface area contributed by atoms with Crippen LogP contribution in [0.1, 0.15) is 17.2 Å². The van der Waals surface area contributed by atoms with Crippen LogP contribution in [0.5, 0.6) is 0 Å². The Morgan fingerprint density at radius 2 is 1.52 bits per heavy atom. The van der Waals surface area contributed by atoms with E-state index >= 15 is 0 Å². The van der Waals surface area contributed by atoms with Crippen molar-refractivity contribution < 1.29 is 0 Å². The van der Waals surface area contributed by atoms with Crippen LogP contribution in [0.25, 0.3) is 10.8 Å². The second kappa shape index (κ2) is 6.42. The summed E-state index contributed by atoms with van der Waals surface area (Å²) in [4.78, 5) is 0. The van der Waals surface area contributed by atoms with Gasteiger partial charge in [0.05, 0.1) is 0 Å². The highest BCUT2D eigenvalue weighted by molar-refractivity contribution is 9.10. The summed E-state index contributed by atoms with van der Waals surface area (Å²) < 4.78 is 1.15. The van der Waals surface area contributed by atoms with E-state index in [9.17, 15) is 0 Å². The summed E-state index contributed by atoms with van der Waals surface area (Å²) in [7, 11) is 2.03. The smallest absolute Gasteiger partial charge is 0.0364 e.